The molecule has 1 aliphatic heterocycles. The fourth-order valence-corrected chi connectivity index (χ4v) is 1.69. The van der Waals surface area contributed by atoms with Gasteiger partial charge in [0.25, 0.3) is 0 Å². The van der Waals surface area contributed by atoms with E-state index in [0.29, 0.717) is 5.57 Å². The van der Waals surface area contributed by atoms with Gasteiger partial charge < -0.3 is 0 Å². The number of hydrogen-bond donors (Lipinski definition) is 1. The number of nitrogens with zero attached hydrogens (tertiary/aromatic N) is 1. The van der Waals surface area contributed by atoms with Crippen LogP contribution in [-0.2, 0) is 4.79 Å². The second kappa shape index (κ2) is 6.71. The van der Waals surface area contributed by atoms with Gasteiger partial charge in [-0.1, -0.05) is 23.3 Å². The minimum Gasteiger partial charge on any atom is -0.294 e. The van der Waals surface area contributed by atoms with Crippen molar-refractivity contribution in [3.05, 3.63) is 41.6 Å². The number of hydrogen-bond acceptors (Lipinski definition) is 6. The van der Waals surface area contributed by atoms with Gasteiger partial charge >= 0.3 is 0 Å². The van der Waals surface area contributed by atoms with Crippen LogP contribution in [0.1, 0.15) is 13.8 Å². The number of benzene rings is 1. The molecule has 0 saturated heterocycles. The molecule has 108 valence electrons. The molecule has 1 heterocycles. The number of para-hydroxylation sites is 1. The molecule has 1 aliphatic rings. The van der Waals surface area contributed by atoms with Crippen LogP contribution in [0.2, 0.25) is 0 Å². The van der Waals surface area contributed by atoms with E-state index in [4.69, 9.17) is 18.6 Å². The molecule has 0 saturated carbocycles. The van der Waals surface area contributed by atoms with Crippen molar-refractivity contribution in [3.8, 4) is 0 Å². The van der Waals surface area contributed by atoms with Gasteiger partial charge in [-0.25, -0.2) is 18.6 Å². The molecule has 0 aliphatic carbocycles. The first-order valence-corrected chi connectivity index (χ1v) is 6.74. The van der Waals surface area contributed by atoms with Gasteiger partial charge in [0, 0.05) is 19.1 Å². The predicted octanol–water partition coefficient (Wildman–Crippen LogP) is -3.69. The first-order chi connectivity index (χ1) is 9.20. The van der Waals surface area contributed by atoms with Gasteiger partial charge in [-0.2, -0.15) is 0 Å². The third-order valence-corrected chi connectivity index (χ3v) is 2.51. The van der Waals surface area contributed by atoms with Gasteiger partial charge in [0.05, 0.1) is 11.8 Å². The van der Waals surface area contributed by atoms with Crippen LogP contribution in [-0.4, -0.2) is 12.0 Å². The highest BCUT2D eigenvalue weighted by Crippen LogP contribution is 2.07. The maximum Gasteiger partial charge on any atom is 0.167 e. The molecule has 1 atom stereocenters. The van der Waals surface area contributed by atoms with Gasteiger partial charge in [-0.3, -0.25) is 4.79 Å². The SMILES string of the molecule is CC(=O)C1=C(C)[NH+](c2ccccc2)N=C1.[O-][Cl+3]([O-])([O-])[O-]. The Hall–Kier alpha value is -1.61. The number of allylic oxidation sites excluding steroid dienone is 2. The monoisotopic (exact) mass is 300 g/mol. The van der Waals surface area contributed by atoms with E-state index in [2.05, 4.69) is 5.10 Å². The summed E-state index contributed by atoms with van der Waals surface area (Å²) in [6, 6.07) is 9.90. The molecule has 1 aromatic rings. The smallest absolute Gasteiger partial charge is 0.167 e. The molecule has 0 radical (unpaired) electrons. The van der Waals surface area contributed by atoms with Crippen LogP contribution in [0.3, 0.4) is 0 Å². The second-order valence-electron chi connectivity index (χ2n) is 3.95. The van der Waals surface area contributed by atoms with Crippen molar-refractivity contribution in [2.24, 2.45) is 5.10 Å². The van der Waals surface area contributed by atoms with Gasteiger partial charge in [0.1, 0.15) is 5.70 Å². The average Bonchev–Trinajstić information content (AvgIpc) is 2.70. The fourth-order valence-electron chi connectivity index (χ4n) is 1.69. The van der Waals surface area contributed by atoms with Crippen LogP contribution in [0.15, 0.2) is 46.7 Å². The molecular weight excluding hydrogens is 288 g/mol. The Kier molecular flexibility index (Phi) is 5.52. The lowest BCUT2D eigenvalue weighted by Gasteiger charge is -2.17. The zero-order chi connectivity index (χ0) is 15.3. The van der Waals surface area contributed by atoms with Gasteiger partial charge in [0.2, 0.25) is 0 Å². The fraction of sp³-hybridized carbons (Fsp3) is 0.167. The number of Topliss-reactive ketones (excluding diaryl/α,β-unsaturated/α-hetero) is 1. The summed E-state index contributed by atoms with van der Waals surface area (Å²) in [6.45, 7) is 3.50. The predicted molar refractivity (Wildman–Crippen MR) is 58.9 cm³/mol. The summed E-state index contributed by atoms with van der Waals surface area (Å²) in [7, 11) is -4.94. The maximum absolute atomic E-state index is 11.3. The third-order valence-electron chi connectivity index (χ3n) is 2.51. The summed E-state index contributed by atoms with van der Waals surface area (Å²) in [4.78, 5) is 11.3. The largest absolute Gasteiger partial charge is 0.294 e. The lowest BCUT2D eigenvalue weighted by atomic mass is 10.1. The topological polar surface area (TPSA) is 126 Å². The number of ketones is 1. The zero-order valence-corrected chi connectivity index (χ0v) is 11.6. The Morgan fingerprint density at radius 2 is 1.65 bits per heavy atom. The summed E-state index contributed by atoms with van der Waals surface area (Å²) >= 11 is 0. The summed E-state index contributed by atoms with van der Waals surface area (Å²) in [5, 5.41) is 5.19. The van der Waals surface area contributed by atoms with Crippen LogP contribution in [0.4, 0.5) is 5.69 Å². The Balaban J connectivity index is 0.000000347. The van der Waals surface area contributed by atoms with Gasteiger partial charge in [-0.15, -0.1) is 15.3 Å². The summed E-state index contributed by atoms with van der Waals surface area (Å²) in [5.74, 6) is 0.0715. The zero-order valence-electron chi connectivity index (χ0n) is 10.8. The quantitative estimate of drug-likeness (QED) is 0.602. The maximum atomic E-state index is 11.3. The molecule has 0 amide bonds. The molecule has 1 N–H and O–H groups in total. The van der Waals surface area contributed by atoms with Crippen molar-refractivity contribution in [1.29, 1.82) is 0 Å². The summed E-state index contributed by atoms with van der Waals surface area (Å²) < 4.78 is 34.0. The van der Waals surface area contributed by atoms with Crippen LogP contribution in [0.5, 0.6) is 0 Å². The second-order valence-corrected chi connectivity index (χ2v) is 4.70. The van der Waals surface area contributed by atoms with Gasteiger partial charge in [0.15, 0.2) is 11.5 Å². The van der Waals surface area contributed by atoms with Crippen LogP contribution in [0.25, 0.3) is 0 Å². The Labute approximate surface area is 117 Å². The molecule has 20 heavy (non-hydrogen) atoms. The third kappa shape index (κ3) is 5.17. The van der Waals surface area contributed by atoms with Crippen molar-refractivity contribution < 1.29 is 38.7 Å². The van der Waals surface area contributed by atoms with Crippen LogP contribution in [0, 0.1) is 10.2 Å². The van der Waals surface area contributed by atoms with Crippen molar-refractivity contribution in [2.75, 3.05) is 0 Å². The normalized spacial score (nSPS) is 17.8. The molecule has 0 fully saturated rings. The molecule has 7 nitrogen and oxygen atoms in total. The summed E-state index contributed by atoms with van der Waals surface area (Å²) in [6.07, 6.45) is 1.65. The van der Waals surface area contributed by atoms with E-state index in [9.17, 15) is 4.79 Å². The molecule has 0 spiro atoms. The molecule has 1 aromatic carbocycles. The number of rotatable bonds is 2. The highest BCUT2D eigenvalue weighted by atomic mass is 35.7. The van der Waals surface area contributed by atoms with E-state index >= 15 is 0 Å². The molecule has 8 heteroatoms. The van der Waals surface area contributed by atoms with E-state index in [1.165, 1.54) is 0 Å². The number of quaternary nitrogens is 1. The lowest BCUT2D eigenvalue weighted by Crippen LogP contribution is -2.99. The van der Waals surface area contributed by atoms with Crippen LogP contribution < -0.4 is 23.6 Å². The number of carbonyl (C=O) groups excluding carboxylic acids is 1. The van der Waals surface area contributed by atoms with Crippen LogP contribution >= 0.6 is 0 Å². The Morgan fingerprint density at radius 3 is 2.05 bits per heavy atom. The Bertz CT molecular complexity index is 531. The molecule has 2 rings (SSSR count). The number of halogens is 1. The minimum atomic E-state index is -4.94. The first kappa shape index (κ1) is 16.4. The van der Waals surface area contributed by atoms with E-state index in [-0.39, 0.29) is 5.78 Å². The number of carbonyl (C=O) groups is 1. The van der Waals surface area contributed by atoms with E-state index in [1.54, 1.807) is 13.1 Å². The van der Waals surface area contributed by atoms with Crippen molar-refractivity contribution in [3.63, 3.8) is 0 Å². The lowest BCUT2D eigenvalue weighted by molar-refractivity contribution is -2.00. The van der Waals surface area contributed by atoms with Crippen molar-refractivity contribution in [2.45, 2.75) is 13.8 Å². The average molecular weight is 301 g/mol. The first-order valence-electron chi connectivity index (χ1n) is 5.50. The van der Waals surface area contributed by atoms with E-state index in [1.807, 2.05) is 37.3 Å². The Morgan fingerprint density at radius 1 is 1.15 bits per heavy atom. The van der Waals surface area contributed by atoms with E-state index < -0.39 is 10.2 Å². The molecule has 0 bridgehead atoms. The van der Waals surface area contributed by atoms with Crippen molar-refractivity contribution in [1.82, 2.24) is 0 Å². The number of nitrogens with one attached hydrogen (secondary N) is 1. The highest BCUT2D eigenvalue weighted by molar-refractivity contribution is 6.12. The van der Waals surface area contributed by atoms with E-state index in [0.717, 1.165) is 16.4 Å². The molecule has 1 unspecified atom stereocenters. The molecule has 0 aromatic heterocycles. The minimum absolute atomic E-state index is 0.0715. The standard InChI is InChI=1S/C12H12N2O.ClHO4/c1-9-12(10(2)15)8-13-14(9)11-6-4-3-5-7-11;2-1(3,4)5/h3-8H,1-2H3;(H,2,3,4,5). The van der Waals surface area contributed by atoms with Gasteiger partial charge in [-0.05, 0) is 6.92 Å². The molecular formula is C12H13ClN2O5. The summed E-state index contributed by atoms with van der Waals surface area (Å²) in [5.41, 5.74) is 2.74. The highest BCUT2D eigenvalue weighted by Gasteiger charge is 2.25. The van der Waals surface area contributed by atoms with Crippen molar-refractivity contribution >= 4 is 17.7 Å².